The lowest BCUT2D eigenvalue weighted by Crippen LogP contribution is -2.43. The van der Waals surface area contributed by atoms with Crippen molar-refractivity contribution in [3.63, 3.8) is 0 Å². The number of esters is 1. The summed E-state index contributed by atoms with van der Waals surface area (Å²) in [4.78, 5) is 27.0. The summed E-state index contributed by atoms with van der Waals surface area (Å²) in [6.07, 6.45) is 2.04. The van der Waals surface area contributed by atoms with E-state index in [-0.39, 0.29) is 35.3 Å². The van der Waals surface area contributed by atoms with Crippen LogP contribution in [0, 0.1) is 5.92 Å². The van der Waals surface area contributed by atoms with Crippen molar-refractivity contribution in [3.05, 3.63) is 59.7 Å². The molecule has 1 amide bonds. The lowest BCUT2D eigenvalue weighted by atomic mass is 9.97. The van der Waals surface area contributed by atoms with E-state index in [0.29, 0.717) is 43.7 Å². The molecule has 2 aliphatic heterocycles. The van der Waals surface area contributed by atoms with E-state index in [2.05, 4.69) is 0 Å². The van der Waals surface area contributed by atoms with Gasteiger partial charge in [0.1, 0.15) is 0 Å². The van der Waals surface area contributed by atoms with E-state index in [9.17, 15) is 18.0 Å². The van der Waals surface area contributed by atoms with Crippen LogP contribution in [-0.2, 0) is 26.0 Å². The molecule has 2 atom stereocenters. The van der Waals surface area contributed by atoms with E-state index < -0.39 is 10.0 Å². The highest BCUT2D eigenvalue weighted by Crippen LogP contribution is 2.36. The number of anilines is 1. The van der Waals surface area contributed by atoms with Gasteiger partial charge in [0.25, 0.3) is 15.9 Å². The highest BCUT2D eigenvalue weighted by atomic mass is 32.2. The van der Waals surface area contributed by atoms with Gasteiger partial charge in [0.2, 0.25) is 0 Å². The van der Waals surface area contributed by atoms with Crippen molar-refractivity contribution >= 4 is 27.6 Å². The van der Waals surface area contributed by atoms with E-state index in [1.54, 1.807) is 24.0 Å². The smallest absolute Gasteiger partial charge is 0.310 e. The molecule has 0 spiro atoms. The minimum atomic E-state index is -3.83. The summed E-state index contributed by atoms with van der Waals surface area (Å²) in [5, 5.41) is 0. The minimum Gasteiger partial charge on any atom is -0.466 e. The van der Waals surface area contributed by atoms with Crippen molar-refractivity contribution in [2.75, 3.05) is 24.0 Å². The maximum atomic E-state index is 13.5. The van der Waals surface area contributed by atoms with Crippen LogP contribution < -0.4 is 4.31 Å². The lowest BCUT2D eigenvalue weighted by molar-refractivity contribution is -0.149. The fourth-order valence-corrected chi connectivity index (χ4v) is 6.34. The zero-order valence-electron chi connectivity index (χ0n) is 18.4. The van der Waals surface area contributed by atoms with Crippen molar-refractivity contribution in [2.45, 2.75) is 44.0 Å². The van der Waals surface area contributed by atoms with Gasteiger partial charge in [0.05, 0.1) is 23.1 Å². The largest absolute Gasteiger partial charge is 0.466 e. The van der Waals surface area contributed by atoms with Gasteiger partial charge in [-0.2, -0.15) is 0 Å². The Morgan fingerprint density at radius 3 is 2.69 bits per heavy atom. The van der Waals surface area contributed by atoms with Crippen molar-refractivity contribution < 1.29 is 22.7 Å². The molecule has 0 N–H and O–H groups in total. The summed E-state index contributed by atoms with van der Waals surface area (Å²) in [6.45, 7) is 4.76. The Hall–Kier alpha value is -2.87. The maximum Gasteiger partial charge on any atom is 0.310 e. The predicted octanol–water partition coefficient (Wildman–Crippen LogP) is 3.24. The van der Waals surface area contributed by atoms with Gasteiger partial charge in [0.15, 0.2) is 0 Å². The summed E-state index contributed by atoms with van der Waals surface area (Å²) in [7, 11) is -3.83. The Balaban J connectivity index is 1.58. The van der Waals surface area contributed by atoms with Gasteiger partial charge in [0, 0.05) is 24.7 Å². The molecular formula is C24H28N2O5S. The maximum absolute atomic E-state index is 13.5. The molecule has 2 aliphatic rings. The number of amides is 1. The molecule has 0 saturated carbocycles. The van der Waals surface area contributed by atoms with Crippen LogP contribution in [0.3, 0.4) is 0 Å². The summed E-state index contributed by atoms with van der Waals surface area (Å²) in [5.74, 6) is -0.907. The second kappa shape index (κ2) is 8.94. The Bertz CT molecular complexity index is 1130. The molecule has 0 aromatic heterocycles. The van der Waals surface area contributed by atoms with E-state index >= 15 is 0 Å². The van der Waals surface area contributed by atoms with Gasteiger partial charge < -0.3 is 9.64 Å². The van der Waals surface area contributed by atoms with Crippen LogP contribution in [0.15, 0.2) is 53.4 Å². The van der Waals surface area contributed by atoms with E-state index in [1.807, 2.05) is 31.2 Å². The van der Waals surface area contributed by atoms with Gasteiger partial charge in [-0.1, -0.05) is 24.3 Å². The number of carbonyl (C=O) groups is 2. The molecule has 0 aliphatic carbocycles. The second-order valence-corrected chi connectivity index (χ2v) is 10.2. The van der Waals surface area contributed by atoms with Crippen molar-refractivity contribution in [1.82, 2.24) is 4.90 Å². The SMILES string of the molecule is CCOC(=O)[C@H]1CCCN(C(=O)c2cccc(S(=O)(=O)N3c4ccccc4C[C@H]3C)c2)C1. The van der Waals surface area contributed by atoms with E-state index in [1.165, 1.54) is 16.4 Å². The minimum absolute atomic E-state index is 0.0888. The number of benzene rings is 2. The van der Waals surface area contributed by atoms with Crippen molar-refractivity contribution in [3.8, 4) is 0 Å². The van der Waals surface area contributed by atoms with Gasteiger partial charge in [-0.15, -0.1) is 0 Å². The van der Waals surface area contributed by atoms with Crippen LogP contribution in [0.5, 0.6) is 0 Å². The topological polar surface area (TPSA) is 84.0 Å². The molecule has 2 aromatic rings. The molecule has 4 rings (SSSR count). The molecule has 32 heavy (non-hydrogen) atoms. The van der Waals surface area contributed by atoms with E-state index in [0.717, 1.165) is 5.56 Å². The molecular weight excluding hydrogens is 428 g/mol. The van der Waals surface area contributed by atoms with Crippen molar-refractivity contribution in [1.29, 1.82) is 0 Å². The number of nitrogens with zero attached hydrogens (tertiary/aromatic N) is 2. The molecule has 1 fully saturated rings. The molecule has 2 heterocycles. The monoisotopic (exact) mass is 456 g/mol. The highest BCUT2D eigenvalue weighted by molar-refractivity contribution is 7.92. The summed E-state index contributed by atoms with van der Waals surface area (Å²) in [6, 6.07) is 13.5. The van der Waals surface area contributed by atoms with Gasteiger partial charge >= 0.3 is 5.97 Å². The first kappa shape index (κ1) is 22.3. The van der Waals surface area contributed by atoms with Crippen LogP contribution >= 0.6 is 0 Å². The standard InChI is InChI=1S/C24H28N2O5S/c1-3-31-24(28)20-10-7-13-25(16-20)23(27)19-9-6-11-21(15-19)32(29,30)26-17(2)14-18-8-4-5-12-22(18)26/h4-6,8-9,11-12,15,17,20H,3,7,10,13-14,16H2,1-2H3/t17-,20+/m1/s1. The summed E-state index contributed by atoms with van der Waals surface area (Å²) >= 11 is 0. The molecule has 1 saturated heterocycles. The Labute approximate surface area is 189 Å². The summed E-state index contributed by atoms with van der Waals surface area (Å²) < 4.78 is 33.6. The molecule has 170 valence electrons. The molecule has 2 aromatic carbocycles. The number of hydrogen-bond donors (Lipinski definition) is 0. The quantitative estimate of drug-likeness (QED) is 0.645. The average molecular weight is 457 g/mol. The molecule has 0 unspecified atom stereocenters. The normalized spacial score (nSPS) is 20.7. The van der Waals surface area contributed by atoms with E-state index in [4.69, 9.17) is 4.74 Å². The molecule has 0 bridgehead atoms. The Morgan fingerprint density at radius 1 is 1.12 bits per heavy atom. The fraction of sp³-hybridized carbons (Fsp3) is 0.417. The number of likely N-dealkylation sites (tertiary alicyclic amines) is 1. The molecule has 8 heteroatoms. The first-order valence-electron chi connectivity index (χ1n) is 11.0. The third-order valence-corrected chi connectivity index (χ3v) is 8.04. The number of ether oxygens (including phenoxy) is 1. The van der Waals surface area contributed by atoms with Crippen LogP contribution in [-0.4, -0.2) is 50.9 Å². The number of rotatable bonds is 5. The number of hydrogen-bond acceptors (Lipinski definition) is 5. The fourth-order valence-electron chi connectivity index (χ4n) is 4.60. The summed E-state index contributed by atoms with van der Waals surface area (Å²) in [5.41, 5.74) is 1.98. The van der Waals surface area contributed by atoms with Crippen LogP contribution in [0.25, 0.3) is 0 Å². The zero-order valence-corrected chi connectivity index (χ0v) is 19.2. The Morgan fingerprint density at radius 2 is 1.91 bits per heavy atom. The number of carbonyl (C=O) groups excluding carboxylic acids is 2. The third kappa shape index (κ3) is 4.11. The first-order valence-corrected chi connectivity index (χ1v) is 12.4. The number of piperidine rings is 1. The first-order chi connectivity index (χ1) is 15.3. The lowest BCUT2D eigenvalue weighted by Gasteiger charge is -2.31. The zero-order chi connectivity index (χ0) is 22.9. The number of fused-ring (bicyclic) bond motifs is 1. The second-order valence-electron chi connectivity index (χ2n) is 8.35. The number of sulfonamides is 1. The van der Waals surface area contributed by atoms with Gasteiger partial charge in [-0.3, -0.25) is 13.9 Å². The molecule has 0 radical (unpaired) electrons. The third-order valence-electron chi connectivity index (χ3n) is 6.11. The predicted molar refractivity (Wildman–Crippen MR) is 121 cm³/mol. The molecule has 7 nitrogen and oxygen atoms in total. The van der Waals surface area contributed by atoms with Crippen LogP contribution in [0.1, 0.15) is 42.6 Å². The van der Waals surface area contributed by atoms with Gasteiger partial charge in [-0.25, -0.2) is 8.42 Å². The van der Waals surface area contributed by atoms with Crippen LogP contribution in [0.2, 0.25) is 0 Å². The highest BCUT2D eigenvalue weighted by Gasteiger charge is 2.36. The number of para-hydroxylation sites is 1. The van der Waals surface area contributed by atoms with Crippen LogP contribution in [0.4, 0.5) is 5.69 Å². The van der Waals surface area contributed by atoms with Gasteiger partial charge in [-0.05, 0) is 62.9 Å². The average Bonchev–Trinajstić information content (AvgIpc) is 3.15. The van der Waals surface area contributed by atoms with Crippen molar-refractivity contribution in [2.24, 2.45) is 5.92 Å². The Kier molecular flexibility index (Phi) is 6.24.